The molecular formula is C18H20N4O5S. The molecule has 2 heterocycles. The largest absolute Gasteiger partial charge is 0.340 e. The second kappa shape index (κ2) is 8.03. The van der Waals surface area contributed by atoms with Crippen LogP contribution in [-0.2, 0) is 21.2 Å². The van der Waals surface area contributed by atoms with Crippen molar-refractivity contribution < 1.29 is 18.1 Å². The highest BCUT2D eigenvalue weighted by Gasteiger charge is 2.30. The van der Waals surface area contributed by atoms with Crippen LogP contribution in [0.5, 0.6) is 0 Å². The number of piperazine rings is 1. The van der Waals surface area contributed by atoms with E-state index in [0.29, 0.717) is 0 Å². The highest BCUT2D eigenvalue weighted by atomic mass is 32.2. The van der Waals surface area contributed by atoms with Gasteiger partial charge in [-0.2, -0.15) is 4.31 Å². The van der Waals surface area contributed by atoms with E-state index < -0.39 is 14.9 Å². The molecule has 0 bridgehead atoms. The van der Waals surface area contributed by atoms with Gasteiger partial charge in [-0.3, -0.25) is 19.9 Å². The van der Waals surface area contributed by atoms with Crippen LogP contribution < -0.4 is 0 Å². The third-order valence-electron chi connectivity index (χ3n) is 4.59. The Kier molecular flexibility index (Phi) is 5.71. The van der Waals surface area contributed by atoms with E-state index in [2.05, 4.69) is 4.98 Å². The number of nitro groups is 1. The number of carbonyl (C=O) groups excluding carboxylic acids is 1. The van der Waals surface area contributed by atoms with Gasteiger partial charge in [0.25, 0.3) is 5.69 Å². The fourth-order valence-corrected chi connectivity index (χ4v) is 4.44. The highest BCUT2D eigenvalue weighted by Crippen LogP contribution is 2.22. The van der Waals surface area contributed by atoms with Crippen molar-refractivity contribution >= 4 is 21.6 Å². The first-order valence-corrected chi connectivity index (χ1v) is 10.2. The van der Waals surface area contributed by atoms with E-state index >= 15 is 0 Å². The van der Waals surface area contributed by atoms with Crippen LogP contribution in [0.1, 0.15) is 11.3 Å². The van der Waals surface area contributed by atoms with E-state index in [-0.39, 0.29) is 49.1 Å². The normalized spacial score (nSPS) is 15.4. The second-order valence-corrected chi connectivity index (χ2v) is 8.46. The Morgan fingerprint density at radius 1 is 1.18 bits per heavy atom. The Labute approximate surface area is 162 Å². The second-order valence-electron chi connectivity index (χ2n) is 6.52. The van der Waals surface area contributed by atoms with Crippen LogP contribution in [0, 0.1) is 17.0 Å². The van der Waals surface area contributed by atoms with Crippen molar-refractivity contribution in [3.05, 3.63) is 64.0 Å². The Balaban J connectivity index is 1.64. The summed E-state index contributed by atoms with van der Waals surface area (Å²) in [5.74, 6) is -0.0851. The maximum atomic E-state index is 12.8. The Hall–Kier alpha value is -2.85. The number of hydrogen-bond acceptors (Lipinski definition) is 6. The first kappa shape index (κ1) is 19.9. The van der Waals surface area contributed by atoms with Crippen LogP contribution in [0.4, 0.5) is 5.69 Å². The average Bonchev–Trinajstić information content (AvgIpc) is 2.70. The van der Waals surface area contributed by atoms with E-state index in [0.717, 1.165) is 17.3 Å². The van der Waals surface area contributed by atoms with E-state index in [1.54, 1.807) is 11.1 Å². The van der Waals surface area contributed by atoms with Crippen LogP contribution in [0.2, 0.25) is 0 Å². The molecule has 0 unspecified atom stereocenters. The topological polar surface area (TPSA) is 114 Å². The number of hydrogen-bond donors (Lipinski definition) is 0. The van der Waals surface area contributed by atoms with Crippen LogP contribution in [-0.4, -0.2) is 59.6 Å². The van der Waals surface area contributed by atoms with E-state index in [1.807, 2.05) is 19.1 Å². The molecule has 0 spiro atoms. The van der Waals surface area contributed by atoms with E-state index in [4.69, 9.17) is 0 Å². The number of sulfonamides is 1. The van der Waals surface area contributed by atoms with Gasteiger partial charge in [0.2, 0.25) is 15.9 Å². The summed E-state index contributed by atoms with van der Waals surface area (Å²) in [5.41, 5.74) is 1.40. The summed E-state index contributed by atoms with van der Waals surface area (Å²) in [7, 11) is -3.85. The molecule has 2 aromatic rings. The molecule has 0 atom stereocenters. The molecule has 9 nitrogen and oxygen atoms in total. The number of nitrogens with zero attached hydrogens (tertiary/aromatic N) is 4. The average molecular weight is 404 g/mol. The van der Waals surface area contributed by atoms with E-state index in [9.17, 15) is 23.3 Å². The zero-order chi connectivity index (χ0) is 20.3. The molecule has 0 saturated carbocycles. The Morgan fingerprint density at radius 2 is 1.89 bits per heavy atom. The van der Waals surface area contributed by atoms with Gasteiger partial charge in [-0.25, -0.2) is 8.42 Å². The number of pyridine rings is 1. The van der Waals surface area contributed by atoms with Crippen LogP contribution in [0.15, 0.2) is 47.5 Å². The third kappa shape index (κ3) is 4.34. The molecular weight excluding hydrogens is 384 g/mol. The van der Waals surface area contributed by atoms with Crippen molar-refractivity contribution in [2.24, 2.45) is 0 Å². The lowest BCUT2D eigenvalue weighted by molar-refractivity contribution is -0.385. The molecule has 1 fully saturated rings. The molecule has 1 aliphatic rings. The minimum Gasteiger partial charge on any atom is -0.340 e. The van der Waals surface area contributed by atoms with Gasteiger partial charge in [0.05, 0.1) is 16.2 Å². The summed E-state index contributed by atoms with van der Waals surface area (Å²) in [5, 5.41) is 10.9. The monoisotopic (exact) mass is 404 g/mol. The number of rotatable bonds is 5. The van der Waals surface area contributed by atoms with Gasteiger partial charge in [-0.05, 0) is 24.6 Å². The summed E-state index contributed by atoms with van der Waals surface area (Å²) < 4.78 is 26.8. The molecule has 10 heteroatoms. The Bertz CT molecular complexity index is 983. The minimum atomic E-state index is -3.85. The molecule has 1 saturated heterocycles. The van der Waals surface area contributed by atoms with Crippen molar-refractivity contribution in [1.29, 1.82) is 0 Å². The zero-order valence-corrected chi connectivity index (χ0v) is 16.1. The number of amides is 1. The Morgan fingerprint density at radius 3 is 2.50 bits per heavy atom. The van der Waals surface area contributed by atoms with Gasteiger partial charge >= 0.3 is 0 Å². The lowest BCUT2D eigenvalue weighted by Crippen LogP contribution is -2.50. The third-order valence-corrected chi connectivity index (χ3v) is 6.48. The van der Waals surface area contributed by atoms with Crippen LogP contribution >= 0.6 is 0 Å². The van der Waals surface area contributed by atoms with Gasteiger partial charge in [0.1, 0.15) is 0 Å². The van der Waals surface area contributed by atoms with Crippen molar-refractivity contribution in [2.45, 2.75) is 18.2 Å². The van der Waals surface area contributed by atoms with Crippen LogP contribution in [0.3, 0.4) is 0 Å². The zero-order valence-electron chi connectivity index (χ0n) is 15.3. The van der Waals surface area contributed by atoms with Crippen LogP contribution in [0.25, 0.3) is 0 Å². The van der Waals surface area contributed by atoms with E-state index in [1.165, 1.54) is 22.5 Å². The maximum absolute atomic E-state index is 12.8. The molecule has 0 radical (unpaired) electrons. The van der Waals surface area contributed by atoms with Gasteiger partial charge in [-0.1, -0.05) is 12.1 Å². The number of non-ortho nitro benzene ring substituents is 1. The van der Waals surface area contributed by atoms with Gasteiger partial charge in [0, 0.05) is 50.2 Å². The molecule has 0 N–H and O–H groups in total. The molecule has 0 aliphatic carbocycles. The standard InChI is InChI=1S/C18H20N4O5S/c1-14-5-6-15(13-19-14)11-18(23)20-7-9-21(10-8-20)28(26,27)17-4-2-3-16(12-17)22(24)25/h2-6,12-13H,7-11H2,1H3. The predicted molar refractivity (Wildman–Crippen MR) is 101 cm³/mol. The summed E-state index contributed by atoms with van der Waals surface area (Å²) in [6.45, 7) is 2.69. The number of carbonyl (C=O) groups is 1. The molecule has 1 aromatic carbocycles. The summed E-state index contributed by atoms with van der Waals surface area (Å²) in [6.07, 6.45) is 1.88. The SMILES string of the molecule is Cc1ccc(CC(=O)N2CCN(S(=O)(=O)c3cccc([N+](=O)[O-])c3)CC2)cn1. The van der Waals surface area contributed by atoms with Crippen molar-refractivity contribution in [1.82, 2.24) is 14.2 Å². The molecule has 1 amide bonds. The lowest BCUT2D eigenvalue weighted by atomic mass is 10.1. The minimum absolute atomic E-state index is 0.0851. The molecule has 148 valence electrons. The fourth-order valence-electron chi connectivity index (χ4n) is 2.97. The molecule has 1 aromatic heterocycles. The number of benzene rings is 1. The predicted octanol–water partition coefficient (Wildman–Crippen LogP) is 1.37. The molecule has 3 rings (SSSR count). The van der Waals surface area contributed by atoms with Crippen molar-refractivity contribution in [3.8, 4) is 0 Å². The number of aryl methyl sites for hydroxylation is 1. The first-order valence-electron chi connectivity index (χ1n) is 8.71. The number of nitro benzene ring substituents is 1. The highest BCUT2D eigenvalue weighted by molar-refractivity contribution is 7.89. The van der Waals surface area contributed by atoms with Gasteiger partial charge in [-0.15, -0.1) is 0 Å². The van der Waals surface area contributed by atoms with Crippen molar-refractivity contribution in [2.75, 3.05) is 26.2 Å². The lowest BCUT2D eigenvalue weighted by Gasteiger charge is -2.34. The maximum Gasteiger partial charge on any atom is 0.270 e. The summed E-state index contributed by atoms with van der Waals surface area (Å²) in [4.78, 5) is 28.4. The number of aromatic nitrogens is 1. The quantitative estimate of drug-likeness (QED) is 0.549. The van der Waals surface area contributed by atoms with Crippen molar-refractivity contribution in [3.63, 3.8) is 0 Å². The first-order chi connectivity index (χ1) is 13.3. The fraction of sp³-hybridized carbons (Fsp3) is 0.333. The summed E-state index contributed by atoms with van der Waals surface area (Å²) >= 11 is 0. The van der Waals surface area contributed by atoms with Gasteiger partial charge < -0.3 is 4.90 Å². The van der Waals surface area contributed by atoms with Gasteiger partial charge in [0.15, 0.2) is 0 Å². The summed E-state index contributed by atoms with van der Waals surface area (Å²) in [6, 6.07) is 8.67. The molecule has 1 aliphatic heterocycles. The molecule has 28 heavy (non-hydrogen) atoms. The smallest absolute Gasteiger partial charge is 0.270 e.